The minimum atomic E-state index is 0.658. The van der Waals surface area contributed by atoms with Gasteiger partial charge in [-0.05, 0) is 36.6 Å². The van der Waals surface area contributed by atoms with Gasteiger partial charge < -0.3 is 9.26 Å². The van der Waals surface area contributed by atoms with E-state index in [0.717, 1.165) is 37.1 Å². The molecule has 0 bridgehead atoms. The van der Waals surface area contributed by atoms with Crippen molar-refractivity contribution in [2.45, 2.75) is 31.8 Å². The lowest BCUT2D eigenvalue weighted by Crippen LogP contribution is -2.31. The van der Waals surface area contributed by atoms with Crippen molar-refractivity contribution in [2.75, 3.05) is 19.8 Å². The molecule has 0 N–H and O–H groups in total. The zero-order valence-electron chi connectivity index (χ0n) is 11.9. The molecule has 1 atom stereocenters. The third-order valence-electron chi connectivity index (χ3n) is 4.13. The van der Waals surface area contributed by atoms with Crippen LogP contribution in [-0.4, -0.2) is 40.8 Å². The standard InChI is InChI=1S/C15H19N3O2S/c1-2-13(21-7-1)15-16-14(20-17-15)9-18(12-3-4-12)8-11-5-6-19-10-11/h1-2,7,11-12H,3-6,8-10H2/t11-/m0/s1. The van der Waals surface area contributed by atoms with Crippen LogP contribution in [0.4, 0.5) is 0 Å². The van der Waals surface area contributed by atoms with Crippen molar-refractivity contribution in [1.29, 1.82) is 0 Å². The topological polar surface area (TPSA) is 51.4 Å². The normalized spacial score (nSPS) is 22.2. The van der Waals surface area contributed by atoms with Gasteiger partial charge in [0.2, 0.25) is 11.7 Å². The Labute approximate surface area is 127 Å². The summed E-state index contributed by atoms with van der Waals surface area (Å²) < 4.78 is 10.9. The van der Waals surface area contributed by atoms with Crippen molar-refractivity contribution in [3.05, 3.63) is 23.4 Å². The summed E-state index contributed by atoms with van der Waals surface area (Å²) >= 11 is 1.64. The summed E-state index contributed by atoms with van der Waals surface area (Å²) in [7, 11) is 0. The van der Waals surface area contributed by atoms with Crippen LogP contribution in [0.1, 0.15) is 25.2 Å². The van der Waals surface area contributed by atoms with Gasteiger partial charge in [-0.2, -0.15) is 4.98 Å². The lowest BCUT2D eigenvalue weighted by atomic mass is 10.1. The predicted molar refractivity (Wildman–Crippen MR) is 80.0 cm³/mol. The molecule has 1 aliphatic carbocycles. The third-order valence-corrected chi connectivity index (χ3v) is 4.99. The van der Waals surface area contributed by atoms with Gasteiger partial charge in [-0.25, -0.2) is 0 Å². The average Bonchev–Trinajstić information content (AvgIpc) is 2.93. The first-order valence-corrected chi connectivity index (χ1v) is 8.45. The van der Waals surface area contributed by atoms with Crippen LogP contribution in [0.25, 0.3) is 10.7 Å². The van der Waals surface area contributed by atoms with Gasteiger partial charge in [0.1, 0.15) is 0 Å². The summed E-state index contributed by atoms with van der Waals surface area (Å²) in [4.78, 5) is 8.09. The van der Waals surface area contributed by atoms with Crippen LogP contribution in [0.5, 0.6) is 0 Å². The number of thiophene rings is 1. The Kier molecular flexibility index (Phi) is 3.75. The second kappa shape index (κ2) is 5.87. The maximum atomic E-state index is 5.48. The number of ether oxygens (including phenoxy) is 1. The first kappa shape index (κ1) is 13.4. The van der Waals surface area contributed by atoms with E-state index in [2.05, 4.69) is 15.0 Å². The Bertz CT molecular complexity index is 574. The van der Waals surface area contributed by atoms with Gasteiger partial charge in [-0.15, -0.1) is 11.3 Å². The fraction of sp³-hybridized carbons (Fsp3) is 0.600. The highest BCUT2D eigenvalue weighted by Gasteiger charge is 2.32. The van der Waals surface area contributed by atoms with Gasteiger partial charge in [-0.1, -0.05) is 11.2 Å². The zero-order chi connectivity index (χ0) is 14.1. The van der Waals surface area contributed by atoms with Gasteiger partial charge in [0.05, 0.1) is 18.0 Å². The van der Waals surface area contributed by atoms with Crippen molar-refractivity contribution in [1.82, 2.24) is 15.0 Å². The second-order valence-electron chi connectivity index (χ2n) is 5.88. The molecule has 3 heterocycles. The van der Waals surface area contributed by atoms with Crippen LogP contribution in [0.3, 0.4) is 0 Å². The van der Waals surface area contributed by atoms with Crippen LogP contribution in [0.15, 0.2) is 22.0 Å². The van der Waals surface area contributed by atoms with E-state index in [-0.39, 0.29) is 0 Å². The van der Waals surface area contributed by atoms with Gasteiger partial charge >= 0.3 is 0 Å². The fourth-order valence-corrected chi connectivity index (χ4v) is 3.49. The average molecular weight is 305 g/mol. The van der Waals surface area contributed by atoms with E-state index < -0.39 is 0 Å². The third kappa shape index (κ3) is 3.17. The Hall–Kier alpha value is -1.24. The van der Waals surface area contributed by atoms with Crippen molar-refractivity contribution in [2.24, 2.45) is 5.92 Å². The van der Waals surface area contributed by atoms with E-state index in [0.29, 0.717) is 17.8 Å². The molecular formula is C15H19N3O2S. The van der Waals surface area contributed by atoms with Gasteiger partial charge in [-0.3, -0.25) is 4.90 Å². The summed E-state index contributed by atoms with van der Waals surface area (Å²) in [5, 5.41) is 6.13. The van der Waals surface area contributed by atoms with E-state index in [1.807, 2.05) is 17.5 Å². The molecule has 1 aliphatic heterocycles. The maximum absolute atomic E-state index is 5.48. The van der Waals surface area contributed by atoms with Gasteiger partial charge in [0.25, 0.3) is 0 Å². The molecule has 0 aromatic carbocycles. The molecule has 4 rings (SSSR count). The van der Waals surface area contributed by atoms with Gasteiger partial charge in [0.15, 0.2) is 0 Å². The molecular weight excluding hydrogens is 286 g/mol. The van der Waals surface area contributed by atoms with Crippen molar-refractivity contribution in [3.8, 4) is 10.7 Å². The number of hydrogen-bond acceptors (Lipinski definition) is 6. The zero-order valence-corrected chi connectivity index (χ0v) is 12.7. The molecule has 2 aromatic rings. The molecule has 1 saturated carbocycles. The molecule has 1 saturated heterocycles. The van der Waals surface area contributed by atoms with Crippen LogP contribution < -0.4 is 0 Å². The summed E-state index contributed by atoms with van der Waals surface area (Å²) in [6.45, 7) is 3.65. The van der Waals surface area contributed by atoms with Crippen LogP contribution in [0, 0.1) is 5.92 Å². The van der Waals surface area contributed by atoms with E-state index >= 15 is 0 Å². The first-order chi connectivity index (χ1) is 10.4. The molecule has 0 radical (unpaired) electrons. The summed E-state index contributed by atoms with van der Waals surface area (Å²) in [5.41, 5.74) is 0. The quantitative estimate of drug-likeness (QED) is 0.821. The van der Waals surface area contributed by atoms with Crippen molar-refractivity contribution >= 4 is 11.3 Å². The molecule has 112 valence electrons. The first-order valence-electron chi connectivity index (χ1n) is 7.57. The van der Waals surface area contributed by atoms with E-state index in [1.54, 1.807) is 11.3 Å². The molecule has 2 aliphatic rings. The van der Waals surface area contributed by atoms with Gasteiger partial charge in [0, 0.05) is 19.2 Å². The second-order valence-corrected chi connectivity index (χ2v) is 6.83. The van der Waals surface area contributed by atoms with Crippen LogP contribution in [-0.2, 0) is 11.3 Å². The molecule has 0 amide bonds. The monoisotopic (exact) mass is 305 g/mol. The SMILES string of the molecule is c1csc(-c2noc(CN(C[C@@H]3CCOC3)C3CC3)n2)c1. The molecule has 6 heteroatoms. The number of hydrogen-bond donors (Lipinski definition) is 0. The number of aromatic nitrogens is 2. The molecule has 21 heavy (non-hydrogen) atoms. The summed E-state index contributed by atoms with van der Waals surface area (Å²) in [6, 6.07) is 4.73. The van der Waals surface area contributed by atoms with Crippen molar-refractivity contribution < 1.29 is 9.26 Å². The highest BCUT2D eigenvalue weighted by atomic mass is 32.1. The summed E-state index contributed by atoms with van der Waals surface area (Å²) in [5.74, 6) is 2.09. The molecule has 2 fully saturated rings. The minimum Gasteiger partial charge on any atom is -0.381 e. The molecule has 2 aromatic heterocycles. The lowest BCUT2D eigenvalue weighted by molar-refractivity contribution is 0.153. The Morgan fingerprint density at radius 2 is 2.29 bits per heavy atom. The summed E-state index contributed by atoms with van der Waals surface area (Å²) in [6.07, 6.45) is 3.76. The largest absolute Gasteiger partial charge is 0.381 e. The minimum absolute atomic E-state index is 0.658. The smallest absolute Gasteiger partial charge is 0.241 e. The van der Waals surface area contributed by atoms with E-state index in [9.17, 15) is 0 Å². The molecule has 0 unspecified atom stereocenters. The lowest BCUT2D eigenvalue weighted by Gasteiger charge is -2.22. The van der Waals surface area contributed by atoms with Crippen LogP contribution in [0.2, 0.25) is 0 Å². The highest BCUT2D eigenvalue weighted by Crippen LogP contribution is 2.30. The van der Waals surface area contributed by atoms with E-state index in [4.69, 9.17) is 9.26 Å². The Morgan fingerprint density at radius 1 is 1.33 bits per heavy atom. The fourth-order valence-electron chi connectivity index (χ4n) is 2.84. The molecule has 0 spiro atoms. The van der Waals surface area contributed by atoms with Crippen LogP contribution >= 0.6 is 11.3 Å². The van der Waals surface area contributed by atoms with Crippen molar-refractivity contribution in [3.63, 3.8) is 0 Å². The maximum Gasteiger partial charge on any atom is 0.241 e. The predicted octanol–water partition coefficient (Wildman–Crippen LogP) is 2.80. The Morgan fingerprint density at radius 3 is 3.00 bits per heavy atom. The highest BCUT2D eigenvalue weighted by molar-refractivity contribution is 7.13. The van der Waals surface area contributed by atoms with E-state index in [1.165, 1.54) is 19.3 Å². The number of rotatable bonds is 6. The Balaban J connectivity index is 1.43. The molecule has 5 nitrogen and oxygen atoms in total. The number of nitrogens with zero attached hydrogens (tertiary/aromatic N) is 3.